The number of H-pyrrole nitrogens is 1. The minimum Gasteiger partial charge on any atom is -0.387 e. The van der Waals surface area contributed by atoms with E-state index in [1.54, 1.807) is 0 Å². The Morgan fingerprint density at radius 3 is 2.31 bits per heavy atom. The molecule has 2 unspecified atom stereocenters. The van der Waals surface area contributed by atoms with Crippen molar-refractivity contribution in [2.75, 3.05) is 12.3 Å². The summed E-state index contributed by atoms with van der Waals surface area (Å²) in [6.07, 6.45) is -5.26. The maximum Gasteiger partial charge on any atom is 0.480 e. The van der Waals surface area contributed by atoms with Crippen LogP contribution in [0.5, 0.6) is 0 Å². The molecule has 0 aliphatic carbocycles. The van der Waals surface area contributed by atoms with Crippen LogP contribution in [0.2, 0.25) is 0 Å². The van der Waals surface area contributed by atoms with Crippen molar-refractivity contribution in [2.45, 2.75) is 24.5 Å². The van der Waals surface area contributed by atoms with E-state index < -0.39 is 60.0 Å². The number of aliphatic hydroxyl groups is 2. The van der Waals surface area contributed by atoms with Gasteiger partial charge in [-0.05, 0) is 0 Å². The fourth-order valence-electron chi connectivity index (χ4n) is 2.74. The fourth-order valence-corrected chi connectivity index (χ4v) is 6.17. The predicted molar refractivity (Wildman–Crippen MR) is 118 cm³/mol. The molecule has 0 amide bonds. The average Bonchev–Trinajstić information content (AvgIpc) is 3.12. The zero-order valence-electron chi connectivity index (χ0n) is 18.4. The molecule has 3 rings (SSSR count). The monoisotopic (exact) mass is 591 g/mol. The van der Waals surface area contributed by atoms with Gasteiger partial charge in [0.1, 0.15) is 18.3 Å². The van der Waals surface area contributed by atoms with Crippen molar-refractivity contribution < 1.29 is 57.1 Å². The quantitative estimate of drug-likeness (QED) is 0.105. The Morgan fingerprint density at radius 1 is 1.14 bits per heavy atom. The number of nitrogens with zero attached hydrogens (tertiary/aromatic N) is 3. The van der Waals surface area contributed by atoms with Crippen molar-refractivity contribution in [3.63, 3.8) is 0 Å². The van der Waals surface area contributed by atoms with Crippen LogP contribution in [0.25, 0.3) is 11.2 Å². The van der Waals surface area contributed by atoms with Gasteiger partial charge in [0.15, 0.2) is 17.4 Å². The summed E-state index contributed by atoms with van der Waals surface area (Å²) in [4.78, 5) is 58.5. The number of nitrogens with one attached hydrogen (secondary N) is 2. The van der Waals surface area contributed by atoms with Crippen LogP contribution in [-0.2, 0) is 27.3 Å². The van der Waals surface area contributed by atoms with Crippen LogP contribution < -0.4 is 16.2 Å². The molecule has 19 nitrogen and oxygen atoms in total. The zero-order chi connectivity index (χ0) is 24.1. The smallest absolute Gasteiger partial charge is 0.387 e. The molecular weight excluding hydrogens is 574 g/mol. The van der Waals surface area contributed by atoms with Crippen LogP contribution in [0, 0.1) is 0 Å². The molecule has 35 heavy (non-hydrogen) atoms. The Hall–Kier alpha value is 1.44. The molecule has 25 heteroatoms. The van der Waals surface area contributed by atoms with Crippen LogP contribution in [0.15, 0.2) is 11.1 Å². The van der Waals surface area contributed by atoms with Crippen molar-refractivity contribution in [2.24, 2.45) is 0 Å². The van der Waals surface area contributed by atoms with Crippen molar-refractivity contribution in [1.82, 2.24) is 24.4 Å². The number of phosphoric ester groups is 1. The first kappa shape index (κ1) is 36.4. The Bertz CT molecular complexity index is 1220. The van der Waals surface area contributed by atoms with Gasteiger partial charge in [-0.3, -0.25) is 18.9 Å². The number of hydrogen-bond donors (Lipinski definition) is 9. The number of aliphatic hydroxyl groups excluding tert-OH is 2. The predicted octanol–water partition coefficient (Wildman–Crippen LogP) is -3.91. The second-order valence-corrected chi connectivity index (χ2v) is 11.1. The number of rotatable bonds is 8. The standard InChI is InChI=1S/C10H17N6O13P3.3Na/c11-10-13-7-4(8(19)14-10)12-2-16(7)9-6(18)5(17)3(28-9)1-27-32(25,26)29-31(23,24)15-30(20,21)22;;;/h2-3,5-6,9,17-18H,1H2,(H,25,26)(H3,11,13,14,19)(H4,15,20,21,22,23,24);;;/t3-,5-,6-,9-;;;/m1.../s1. The number of aromatic nitrogens is 4. The first-order chi connectivity index (χ1) is 14.6. The van der Waals surface area contributed by atoms with E-state index in [1.165, 1.54) is 0 Å². The minimum absolute atomic E-state index is 0. The summed E-state index contributed by atoms with van der Waals surface area (Å²) in [6.45, 7) is -0.985. The van der Waals surface area contributed by atoms with Gasteiger partial charge < -0.3 is 40.3 Å². The largest absolute Gasteiger partial charge is 0.480 e. The molecule has 3 radical (unpaired) electrons. The SMILES string of the molecule is Nc1nc2c(ncn2[C@@H]2O[C@H](COP(=O)(O)OP(=O)(O)NP(=O)(O)O)[C@@H](O)[C@H]2O)c(=O)[nH]1.[Na].[Na].[Na]. The van der Waals surface area contributed by atoms with Crippen molar-refractivity contribution >= 4 is 129 Å². The van der Waals surface area contributed by atoms with Crippen LogP contribution in [0.4, 0.5) is 5.95 Å². The molecule has 1 saturated heterocycles. The van der Waals surface area contributed by atoms with Gasteiger partial charge in [-0.15, -0.1) is 4.86 Å². The average molecular weight is 591 g/mol. The molecule has 1 fully saturated rings. The second-order valence-electron chi connectivity index (χ2n) is 6.33. The topological polar surface area (TPSA) is 302 Å². The maximum atomic E-state index is 11.9. The Balaban J connectivity index is 0.00000385. The van der Waals surface area contributed by atoms with Crippen molar-refractivity contribution in [1.29, 1.82) is 0 Å². The first-order valence-electron chi connectivity index (χ1n) is 8.19. The van der Waals surface area contributed by atoms with E-state index >= 15 is 0 Å². The number of anilines is 1. The van der Waals surface area contributed by atoms with Gasteiger partial charge >= 0.3 is 23.3 Å². The van der Waals surface area contributed by atoms with Crippen LogP contribution >= 0.6 is 23.3 Å². The summed E-state index contributed by atoms with van der Waals surface area (Å²) in [5, 5.41) is 20.4. The molecule has 2 aromatic heterocycles. The van der Waals surface area contributed by atoms with Crippen LogP contribution in [0.3, 0.4) is 0 Å². The summed E-state index contributed by atoms with van der Waals surface area (Å²) in [5.41, 5.74) is 4.52. The molecule has 0 bridgehead atoms. The second kappa shape index (κ2) is 13.7. The third kappa shape index (κ3) is 9.54. The molecule has 0 saturated carbocycles. The van der Waals surface area contributed by atoms with Crippen LogP contribution in [0.1, 0.15) is 6.23 Å². The summed E-state index contributed by atoms with van der Waals surface area (Å²) in [6, 6.07) is 0. The van der Waals surface area contributed by atoms with Gasteiger partial charge in [-0.25, -0.2) is 18.7 Å². The summed E-state index contributed by atoms with van der Waals surface area (Å²) < 4.78 is 48.7. The number of aromatic amines is 1. The Morgan fingerprint density at radius 2 is 1.74 bits per heavy atom. The van der Waals surface area contributed by atoms with E-state index in [9.17, 15) is 38.5 Å². The van der Waals surface area contributed by atoms with Gasteiger partial charge in [0, 0.05) is 88.7 Å². The number of imidazole rings is 1. The van der Waals surface area contributed by atoms with E-state index in [4.69, 9.17) is 20.3 Å². The van der Waals surface area contributed by atoms with Gasteiger partial charge in [0.05, 0.1) is 12.9 Å². The molecule has 10 N–H and O–H groups in total. The fraction of sp³-hybridized carbons (Fsp3) is 0.500. The molecule has 6 atom stereocenters. The van der Waals surface area contributed by atoms with E-state index in [-0.39, 0.29) is 106 Å². The number of fused-ring (bicyclic) bond motifs is 1. The van der Waals surface area contributed by atoms with E-state index in [1.807, 2.05) is 0 Å². The molecule has 1 aliphatic rings. The van der Waals surface area contributed by atoms with Gasteiger partial charge in [-0.2, -0.15) is 9.29 Å². The number of nitrogens with two attached hydrogens (primary N) is 1. The molecule has 3 heterocycles. The van der Waals surface area contributed by atoms with E-state index in [2.05, 4.69) is 23.8 Å². The minimum atomic E-state index is -5.48. The van der Waals surface area contributed by atoms with Gasteiger partial charge in [-0.1, -0.05) is 0 Å². The Kier molecular flexibility index (Phi) is 14.2. The maximum absolute atomic E-state index is 11.9. The molecule has 183 valence electrons. The summed E-state index contributed by atoms with van der Waals surface area (Å²) in [7, 11) is -16.2. The third-order valence-corrected chi connectivity index (χ3v) is 8.17. The molecule has 1 aliphatic heterocycles. The molecule has 0 aromatic carbocycles. The zero-order valence-corrected chi connectivity index (χ0v) is 27.1. The van der Waals surface area contributed by atoms with Crippen LogP contribution in [-0.4, -0.2) is 163 Å². The third-order valence-electron chi connectivity index (χ3n) is 3.93. The number of phosphoric acid groups is 1. The molecule has 2 aromatic rings. The van der Waals surface area contributed by atoms with Gasteiger partial charge in [0.25, 0.3) is 5.56 Å². The first-order valence-corrected chi connectivity index (χ1v) is 12.9. The Labute approximate surface area is 261 Å². The molecular formula is C10H17N6Na3O13P3. The number of ether oxygens (including phenoxy) is 1. The number of hydrogen-bond acceptors (Lipinski definition) is 12. The van der Waals surface area contributed by atoms with Crippen molar-refractivity contribution in [3.05, 3.63) is 16.7 Å². The van der Waals surface area contributed by atoms with E-state index in [0.717, 1.165) is 15.8 Å². The normalized spacial score (nSPS) is 25.5. The number of nitrogen functional groups attached to an aromatic ring is 1. The summed E-state index contributed by atoms with van der Waals surface area (Å²) >= 11 is 0. The molecule has 0 spiro atoms. The van der Waals surface area contributed by atoms with Crippen molar-refractivity contribution in [3.8, 4) is 0 Å². The van der Waals surface area contributed by atoms with E-state index in [0.29, 0.717) is 0 Å². The summed E-state index contributed by atoms with van der Waals surface area (Å²) in [5.74, 6) is -0.270. The van der Waals surface area contributed by atoms with Gasteiger partial charge in [0.2, 0.25) is 5.95 Å².